The first-order valence-corrected chi connectivity index (χ1v) is 9.18. The van der Waals surface area contributed by atoms with Gasteiger partial charge in [-0.05, 0) is 19.9 Å². The van der Waals surface area contributed by atoms with Gasteiger partial charge in [-0.2, -0.15) is 0 Å². The Morgan fingerprint density at radius 1 is 0.667 bits per heavy atom. The standard InChI is InChI=1S/C18H39NO.ClH/c1-3-4-5-6-7-8-9-10-11-12-13-14-15-16-17-19-18(2)20;/h18-20H,3-17H2,1-2H3;1H. The molecule has 1 atom stereocenters. The Morgan fingerprint density at radius 2 is 1.00 bits per heavy atom. The summed E-state index contributed by atoms with van der Waals surface area (Å²) in [5, 5.41) is 12.1. The van der Waals surface area contributed by atoms with Crippen molar-refractivity contribution in [2.24, 2.45) is 0 Å². The molecule has 2 nitrogen and oxygen atoms in total. The summed E-state index contributed by atoms with van der Waals surface area (Å²) in [6, 6.07) is 0. The second-order valence-corrected chi connectivity index (χ2v) is 6.23. The van der Waals surface area contributed by atoms with Crippen molar-refractivity contribution in [2.45, 2.75) is 110 Å². The third-order valence-electron chi connectivity index (χ3n) is 3.97. The third-order valence-corrected chi connectivity index (χ3v) is 3.97. The van der Waals surface area contributed by atoms with Gasteiger partial charge in [0.1, 0.15) is 6.23 Å². The SMILES string of the molecule is CCCCCCCCCCCCCCCCNC(C)O.Cl. The lowest BCUT2D eigenvalue weighted by Crippen LogP contribution is -2.26. The molecule has 2 N–H and O–H groups in total. The van der Waals surface area contributed by atoms with Gasteiger partial charge in [-0.25, -0.2) is 0 Å². The highest BCUT2D eigenvalue weighted by molar-refractivity contribution is 5.85. The maximum Gasteiger partial charge on any atom is 0.102 e. The third kappa shape index (κ3) is 22.6. The van der Waals surface area contributed by atoms with Crippen LogP contribution in [-0.4, -0.2) is 17.9 Å². The summed E-state index contributed by atoms with van der Waals surface area (Å²) in [7, 11) is 0. The second-order valence-electron chi connectivity index (χ2n) is 6.23. The maximum atomic E-state index is 9.05. The first kappa shape index (κ1) is 23.5. The van der Waals surface area contributed by atoms with E-state index in [9.17, 15) is 0 Å². The zero-order valence-corrected chi connectivity index (χ0v) is 15.4. The van der Waals surface area contributed by atoms with Crippen LogP contribution in [0.25, 0.3) is 0 Å². The van der Waals surface area contributed by atoms with Crippen LogP contribution >= 0.6 is 12.4 Å². The summed E-state index contributed by atoms with van der Waals surface area (Å²) >= 11 is 0. The molecular formula is C18H40ClNO. The fraction of sp³-hybridized carbons (Fsp3) is 1.00. The molecule has 0 amide bonds. The summed E-state index contributed by atoms with van der Waals surface area (Å²) < 4.78 is 0. The molecule has 130 valence electrons. The average Bonchev–Trinajstić information content (AvgIpc) is 2.43. The number of hydrogen-bond acceptors (Lipinski definition) is 2. The van der Waals surface area contributed by atoms with Crippen LogP contribution < -0.4 is 5.32 Å². The lowest BCUT2D eigenvalue weighted by molar-refractivity contribution is 0.156. The van der Waals surface area contributed by atoms with Crippen LogP contribution in [0.15, 0.2) is 0 Å². The van der Waals surface area contributed by atoms with Crippen molar-refractivity contribution >= 4 is 12.4 Å². The first-order valence-electron chi connectivity index (χ1n) is 9.18. The molecule has 0 aromatic rings. The molecule has 0 spiro atoms. The molecule has 0 saturated heterocycles. The van der Waals surface area contributed by atoms with Crippen molar-refractivity contribution in [3.63, 3.8) is 0 Å². The molecule has 0 rings (SSSR count). The molecule has 0 aromatic heterocycles. The van der Waals surface area contributed by atoms with E-state index < -0.39 is 0 Å². The summed E-state index contributed by atoms with van der Waals surface area (Å²) in [5.41, 5.74) is 0. The fourth-order valence-electron chi connectivity index (χ4n) is 2.63. The molecule has 0 heterocycles. The van der Waals surface area contributed by atoms with E-state index in [1.807, 2.05) is 0 Å². The van der Waals surface area contributed by atoms with Crippen LogP contribution in [0, 0.1) is 0 Å². The fourth-order valence-corrected chi connectivity index (χ4v) is 2.63. The Bertz CT molecular complexity index is 177. The highest BCUT2D eigenvalue weighted by atomic mass is 35.5. The van der Waals surface area contributed by atoms with Crippen LogP contribution in [0.2, 0.25) is 0 Å². The molecule has 21 heavy (non-hydrogen) atoms. The second kappa shape index (κ2) is 20.2. The minimum atomic E-state index is -0.350. The van der Waals surface area contributed by atoms with Gasteiger partial charge >= 0.3 is 0 Å². The van der Waals surface area contributed by atoms with Crippen molar-refractivity contribution < 1.29 is 5.11 Å². The Hall–Kier alpha value is 0.210. The number of unbranched alkanes of at least 4 members (excludes halogenated alkanes) is 13. The van der Waals surface area contributed by atoms with Crippen molar-refractivity contribution in [1.82, 2.24) is 5.32 Å². The minimum Gasteiger partial charge on any atom is -0.379 e. The van der Waals surface area contributed by atoms with Gasteiger partial charge in [-0.1, -0.05) is 90.4 Å². The lowest BCUT2D eigenvalue weighted by atomic mass is 10.0. The molecule has 0 aromatic carbocycles. The Morgan fingerprint density at radius 3 is 1.33 bits per heavy atom. The van der Waals surface area contributed by atoms with E-state index in [4.69, 9.17) is 5.11 Å². The van der Waals surface area contributed by atoms with Crippen LogP contribution in [0.4, 0.5) is 0 Å². The summed E-state index contributed by atoms with van der Waals surface area (Å²) in [4.78, 5) is 0. The molecule has 0 aliphatic rings. The Labute approximate surface area is 139 Å². The highest BCUT2D eigenvalue weighted by Crippen LogP contribution is 2.12. The molecule has 1 unspecified atom stereocenters. The van der Waals surface area contributed by atoms with Gasteiger partial charge in [0.2, 0.25) is 0 Å². The molecular weight excluding hydrogens is 282 g/mol. The van der Waals surface area contributed by atoms with Crippen LogP contribution in [0.3, 0.4) is 0 Å². The quantitative estimate of drug-likeness (QED) is 0.277. The molecule has 0 aliphatic heterocycles. The van der Waals surface area contributed by atoms with Gasteiger partial charge in [0.05, 0.1) is 0 Å². The minimum absolute atomic E-state index is 0. The maximum absolute atomic E-state index is 9.05. The van der Waals surface area contributed by atoms with Gasteiger partial charge in [0.25, 0.3) is 0 Å². The van der Waals surface area contributed by atoms with Gasteiger partial charge in [0.15, 0.2) is 0 Å². The van der Waals surface area contributed by atoms with Crippen molar-refractivity contribution in [1.29, 1.82) is 0 Å². The van der Waals surface area contributed by atoms with Crippen molar-refractivity contribution in [2.75, 3.05) is 6.54 Å². The van der Waals surface area contributed by atoms with Gasteiger partial charge in [0, 0.05) is 0 Å². The van der Waals surface area contributed by atoms with E-state index in [0.29, 0.717) is 0 Å². The molecule has 0 fully saturated rings. The summed E-state index contributed by atoms with van der Waals surface area (Å²) in [6.07, 6.45) is 19.2. The molecule has 3 heteroatoms. The number of halogens is 1. The zero-order valence-electron chi connectivity index (χ0n) is 14.5. The average molecular weight is 322 g/mol. The van der Waals surface area contributed by atoms with E-state index in [0.717, 1.165) is 6.54 Å². The van der Waals surface area contributed by atoms with E-state index >= 15 is 0 Å². The van der Waals surface area contributed by atoms with Crippen LogP contribution in [-0.2, 0) is 0 Å². The molecule has 0 saturated carbocycles. The zero-order chi connectivity index (χ0) is 14.9. The van der Waals surface area contributed by atoms with E-state index in [-0.39, 0.29) is 18.6 Å². The van der Waals surface area contributed by atoms with Crippen molar-refractivity contribution in [3.8, 4) is 0 Å². The topological polar surface area (TPSA) is 32.3 Å². The summed E-state index contributed by atoms with van der Waals surface area (Å²) in [5.74, 6) is 0. The normalized spacial score (nSPS) is 12.1. The van der Waals surface area contributed by atoms with E-state index in [1.54, 1.807) is 6.92 Å². The van der Waals surface area contributed by atoms with Gasteiger partial charge in [-0.3, -0.25) is 5.32 Å². The Balaban J connectivity index is 0. The predicted octanol–water partition coefficient (Wildman–Crippen LogP) is 5.82. The monoisotopic (exact) mass is 321 g/mol. The first-order chi connectivity index (χ1) is 9.77. The predicted molar refractivity (Wildman–Crippen MR) is 97.2 cm³/mol. The summed E-state index contributed by atoms with van der Waals surface area (Å²) in [6.45, 7) is 5.02. The molecule has 0 aliphatic carbocycles. The molecule has 0 bridgehead atoms. The number of nitrogens with one attached hydrogen (secondary N) is 1. The van der Waals surface area contributed by atoms with Gasteiger partial charge in [-0.15, -0.1) is 12.4 Å². The molecule has 0 radical (unpaired) electrons. The van der Waals surface area contributed by atoms with E-state index in [1.165, 1.54) is 89.9 Å². The number of aliphatic hydroxyl groups is 1. The number of rotatable bonds is 16. The van der Waals surface area contributed by atoms with Crippen LogP contribution in [0.1, 0.15) is 104 Å². The smallest absolute Gasteiger partial charge is 0.102 e. The van der Waals surface area contributed by atoms with Gasteiger partial charge < -0.3 is 5.11 Å². The highest BCUT2D eigenvalue weighted by Gasteiger charge is 1.95. The lowest BCUT2D eigenvalue weighted by Gasteiger charge is -2.06. The number of hydrogen-bond donors (Lipinski definition) is 2. The number of aliphatic hydroxyl groups excluding tert-OH is 1. The largest absolute Gasteiger partial charge is 0.379 e. The van der Waals surface area contributed by atoms with Crippen molar-refractivity contribution in [3.05, 3.63) is 0 Å². The van der Waals surface area contributed by atoms with E-state index in [2.05, 4.69) is 12.2 Å². The van der Waals surface area contributed by atoms with Crippen LogP contribution in [0.5, 0.6) is 0 Å². The Kier molecular flexibility index (Phi) is 22.6.